The third-order valence-electron chi connectivity index (χ3n) is 18.7. The average Bonchev–Trinajstić information content (AvgIpc) is 1.75. The predicted molar refractivity (Wildman–Crippen MR) is 463 cm³/mol. The topological polar surface area (TPSA) is 294 Å². The number of furan rings is 3. The molecule has 9 aromatic carbocycles. The number of carboxylic acid groups (broad SMARTS) is 1. The summed E-state index contributed by atoms with van der Waals surface area (Å²) in [6.45, 7) is 30.5. The summed E-state index contributed by atoms with van der Waals surface area (Å²) in [5, 5.41) is 16.8. The van der Waals surface area contributed by atoms with Crippen LogP contribution in [0.2, 0.25) is 15.1 Å². The maximum Gasteiger partial charge on any atom is 1.00 e. The Hall–Kier alpha value is -10.5. The van der Waals surface area contributed by atoms with Crippen LogP contribution < -0.4 is 49.9 Å². The summed E-state index contributed by atoms with van der Waals surface area (Å²) in [7, 11) is 0. The predicted octanol–water partition coefficient (Wildman–Crippen LogP) is 20.2. The van der Waals surface area contributed by atoms with Gasteiger partial charge >= 0.3 is 49.0 Å². The van der Waals surface area contributed by atoms with Gasteiger partial charge in [-0.1, -0.05) is 152 Å². The number of carboxylic acids is 1. The van der Waals surface area contributed by atoms with E-state index in [0.29, 0.717) is 88.5 Å². The van der Waals surface area contributed by atoms with E-state index in [-0.39, 0.29) is 85.0 Å². The van der Waals surface area contributed by atoms with Gasteiger partial charge in [-0.2, -0.15) is 13.2 Å². The molecule has 12 rings (SSSR count). The van der Waals surface area contributed by atoms with E-state index in [4.69, 9.17) is 92.7 Å². The largest absolute Gasteiger partial charge is 1.00 e. The molecule has 3 heterocycles. The standard InChI is InChI=1S/C35H40ClNO6.C30H32ClNO4.C28H28ClNO4.C2HF3O.Li.H2O/c1-8-40-31(38)18-26-17-29(36)28(34(2,3)4)19-30(26)42-21-23-15-25-12-13-41-32(25)27(16-23)24-11-9-10-22(14-24)20-37-33(39)43-35(5,6)7;1-5-34-28(33)15-23-14-26(31)25(30(2,3)4)16-27(23)36-18-20-12-22-9-10-35-29(22)24(13-20)21-8-6-7-19(11-21)17-32;1-28(2,3)23-14-25(21(12-24(23)29)13-26(31)32)34-16-18-10-20-7-8-33-27(20)22(11-18)19-6-4-5-17(9-19)15-30;3-2(4,5)1-6;;/h9-17,19H,8,18,20-21H2,1-7H3,(H,37,39);6-14,16H,5,15,17-18,32H2,1-4H3;4-12,14H,13,15-16,30H2,1-3H3,(H,31,32);1H;;1H2/q;;;;+1;/p-1. The van der Waals surface area contributed by atoms with Crippen molar-refractivity contribution in [3.63, 3.8) is 0 Å². The average molecular weight is 1710 g/mol. The number of nitrogens with one attached hydrogen (secondary N) is 1. The summed E-state index contributed by atoms with van der Waals surface area (Å²) in [6.07, 6.45) is -1.16. The number of rotatable bonds is 24. The van der Waals surface area contributed by atoms with E-state index < -0.39 is 30.1 Å². The molecule has 7 N–H and O–H groups in total. The van der Waals surface area contributed by atoms with E-state index in [1.54, 1.807) is 44.8 Å². The van der Waals surface area contributed by atoms with Crippen molar-refractivity contribution in [3.8, 4) is 50.6 Å². The minimum absolute atomic E-state index is 0. The molecule has 1 amide bonds. The number of aldehydes is 1. The van der Waals surface area contributed by atoms with Gasteiger partial charge in [0.05, 0.1) is 51.3 Å². The van der Waals surface area contributed by atoms with E-state index >= 15 is 0 Å². The summed E-state index contributed by atoms with van der Waals surface area (Å²) >= 11 is 19.7. The first-order valence-corrected chi connectivity index (χ1v) is 39.9. The number of fused-ring (bicyclic) bond motifs is 3. The van der Waals surface area contributed by atoms with Crippen LogP contribution >= 0.6 is 34.8 Å². The van der Waals surface area contributed by atoms with E-state index in [1.807, 2.05) is 148 Å². The van der Waals surface area contributed by atoms with Crippen molar-refractivity contribution in [1.82, 2.24) is 5.32 Å². The van der Waals surface area contributed by atoms with Crippen molar-refractivity contribution >= 4 is 98.0 Å². The number of benzene rings is 9. The van der Waals surface area contributed by atoms with Crippen LogP contribution in [0.15, 0.2) is 196 Å². The Morgan fingerprint density at radius 1 is 0.455 bits per heavy atom. The molecule has 0 aliphatic heterocycles. The van der Waals surface area contributed by atoms with E-state index in [1.165, 1.54) is 0 Å². The number of halogens is 6. The first kappa shape index (κ1) is 97.6. The fourth-order valence-electron chi connectivity index (χ4n) is 13.1. The molecule has 121 heavy (non-hydrogen) atoms. The number of amides is 1. The molecule has 636 valence electrons. The fraction of sp³-hybridized carbons (Fsp3) is 0.316. The summed E-state index contributed by atoms with van der Waals surface area (Å²) in [5.41, 5.74) is 29.3. The van der Waals surface area contributed by atoms with Crippen molar-refractivity contribution in [2.45, 2.75) is 184 Å². The van der Waals surface area contributed by atoms with E-state index in [9.17, 15) is 37.5 Å². The molecule has 0 radical (unpaired) electrons. The Morgan fingerprint density at radius 2 is 0.769 bits per heavy atom. The number of nitrogens with two attached hydrogens (primary N) is 2. The number of carbonyl (C=O) groups excluding carboxylic acids is 4. The molecule has 19 nitrogen and oxygen atoms in total. The molecule has 26 heteroatoms. The van der Waals surface area contributed by atoms with Crippen LogP contribution in [0.25, 0.3) is 66.3 Å². The second-order valence-electron chi connectivity index (χ2n) is 32.4. The van der Waals surface area contributed by atoms with Crippen LogP contribution in [0.4, 0.5) is 18.0 Å². The molecule has 0 saturated heterocycles. The van der Waals surface area contributed by atoms with Gasteiger partial charge in [-0.15, -0.1) is 0 Å². The van der Waals surface area contributed by atoms with E-state index in [0.717, 1.165) is 116 Å². The summed E-state index contributed by atoms with van der Waals surface area (Å²) in [6, 6.07) is 53.2. The van der Waals surface area contributed by atoms with Crippen LogP contribution in [-0.2, 0) is 108 Å². The Balaban J connectivity index is 0.000000241. The first-order valence-electron chi connectivity index (χ1n) is 38.7. The minimum Gasteiger partial charge on any atom is -0.870 e. The van der Waals surface area contributed by atoms with Crippen molar-refractivity contribution in [1.29, 1.82) is 0 Å². The van der Waals surface area contributed by atoms with Crippen LogP contribution in [0.3, 0.4) is 0 Å². The zero-order chi connectivity index (χ0) is 86.9. The van der Waals surface area contributed by atoms with Gasteiger partial charge in [0, 0.05) is 84.2 Å². The molecule has 0 aliphatic carbocycles. The molecule has 3 aromatic heterocycles. The maximum atomic E-state index is 12.4. The number of aliphatic carboxylic acids is 1. The number of esters is 2. The molecule has 0 aliphatic rings. The van der Waals surface area contributed by atoms with Crippen molar-refractivity contribution < 1.29 is 108 Å². The minimum atomic E-state index is -4.64. The summed E-state index contributed by atoms with van der Waals surface area (Å²) in [4.78, 5) is 56.9. The second kappa shape index (κ2) is 42.8. The fourth-order valence-corrected chi connectivity index (χ4v) is 14.5. The van der Waals surface area contributed by atoms with Crippen LogP contribution in [0.5, 0.6) is 17.2 Å². The zero-order valence-electron chi connectivity index (χ0n) is 70.7. The molecule has 12 aromatic rings. The normalized spacial score (nSPS) is 11.5. The molecular weight excluding hydrogens is 1610 g/mol. The Kier molecular flexibility index (Phi) is 34.5. The maximum absolute atomic E-state index is 12.4. The molecule has 0 unspecified atom stereocenters. The third kappa shape index (κ3) is 27.8. The number of alkyl carbamates (subject to hydrolysis) is 1. The van der Waals surface area contributed by atoms with Gasteiger partial charge in [0.25, 0.3) is 0 Å². The molecule has 0 atom stereocenters. The van der Waals surface area contributed by atoms with Gasteiger partial charge in [0.1, 0.15) is 59.4 Å². The number of carbonyl (C=O) groups is 5. The number of ether oxygens (including phenoxy) is 6. The second-order valence-corrected chi connectivity index (χ2v) is 33.7. The molecule has 0 fully saturated rings. The molecule has 0 bridgehead atoms. The van der Waals surface area contributed by atoms with Gasteiger partial charge in [-0.05, 0) is 227 Å². The third-order valence-corrected chi connectivity index (χ3v) is 19.6. The van der Waals surface area contributed by atoms with Gasteiger partial charge < -0.3 is 69.0 Å². The van der Waals surface area contributed by atoms with Crippen molar-refractivity contribution in [2.24, 2.45) is 11.5 Å². The Morgan fingerprint density at radius 3 is 1.06 bits per heavy atom. The van der Waals surface area contributed by atoms with Crippen molar-refractivity contribution in [2.75, 3.05) is 13.2 Å². The molecule has 0 saturated carbocycles. The van der Waals surface area contributed by atoms with Crippen LogP contribution in [-0.4, -0.2) is 65.9 Å². The number of hydrogen-bond acceptors (Lipinski definition) is 17. The zero-order valence-corrected chi connectivity index (χ0v) is 73.0. The SMILES string of the molecule is CC(C)(C)c1cc(OCc2cc(-c3cccc(CN)c3)c3occc3c2)c(CC(=O)O)cc1Cl.CCOC(=O)Cc1cc(Cl)c(C(C)(C)C)cc1OCc1cc(-c2cccc(CN)c2)c2occc2c1.CCOC(=O)Cc1cc(Cl)c(C(C)(C)C)cc1OCc1cc(-c2cccc(CNC(=O)OC(C)(C)C)c2)c2occc2c1.O=CC(F)(F)F.[Li+].[OH-]. The molecule has 0 spiro atoms. The van der Waals surface area contributed by atoms with Crippen LogP contribution in [0, 0.1) is 0 Å². The first-order chi connectivity index (χ1) is 56.1. The van der Waals surface area contributed by atoms with Crippen LogP contribution in [0.1, 0.15) is 164 Å². The van der Waals surface area contributed by atoms with E-state index in [2.05, 4.69) is 91.9 Å². The monoisotopic (exact) mass is 1710 g/mol. The van der Waals surface area contributed by atoms with Gasteiger partial charge in [0.15, 0.2) is 0 Å². The van der Waals surface area contributed by atoms with Crippen molar-refractivity contribution in [3.05, 3.63) is 264 Å². The Labute approximate surface area is 730 Å². The Bertz CT molecular complexity index is 5590. The summed E-state index contributed by atoms with van der Waals surface area (Å²) < 4.78 is 83.3. The summed E-state index contributed by atoms with van der Waals surface area (Å²) in [5.74, 6) is 0.142. The number of alkyl halides is 3. The van der Waals surface area contributed by atoms with Gasteiger partial charge in [-0.3, -0.25) is 19.2 Å². The van der Waals surface area contributed by atoms with Gasteiger partial charge in [-0.25, -0.2) is 4.79 Å². The quantitative estimate of drug-likeness (QED) is 0.0189. The smallest absolute Gasteiger partial charge is 0.870 e. The number of hydrogen-bond donors (Lipinski definition) is 4. The van der Waals surface area contributed by atoms with Gasteiger partial charge in [0.2, 0.25) is 6.29 Å². The molecular formula is C95H102Cl3F3LiN3O16.